The maximum absolute atomic E-state index is 11.2. The Hall–Kier alpha value is -1.62. The quantitative estimate of drug-likeness (QED) is 0.128. The van der Waals surface area contributed by atoms with Crippen molar-refractivity contribution in [3.8, 4) is 0 Å². The SMILES string of the molecule is C=C(C)C(=O)O.CCCCCC[C@@H](O)C/C=C\CCCCCCCC(=O)OCC. The minimum atomic E-state index is -0.935. The van der Waals surface area contributed by atoms with Crippen LogP contribution in [-0.4, -0.2) is 34.9 Å². The molecule has 2 N–H and O–H groups in total. The second kappa shape index (κ2) is 22.7. The normalized spacial score (nSPS) is 11.6. The van der Waals surface area contributed by atoms with Crippen molar-refractivity contribution in [2.75, 3.05) is 6.61 Å². The standard InChI is InChI=1S/C20H38O3.C4H6O2/c1-3-5-6-13-16-19(21)17-14-11-9-7-8-10-12-15-18-20(22)23-4-2;1-3(2)4(5)6/h11,14,19,21H,3-10,12-13,15-18H2,1-2H3;1H2,2H3,(H,5,6)/b14-11-;/t19-;/m1./s1. The van der Waals surface area contributed by atoms with Gasteiger partial charge in [0.25, 0.3) is 0 Å². The number of aliphatic hydroxyl groups is 1. The fourth-order valence-corrected chi connectivity index (χ4v) is 2.59. The Morgan fingerprint density at radius 2 is 1.55 bits per heavy atom. The molecule has 0 bridgehead atoms. The summed E-state index contributed by atoms with van der Waals surface area (Å²) < 4.78 is 4.90. The van der Waals surface area contributed by atoms with Gasteiger partial charge in [-0.2, -0.15) is 0 Å². The van der Waals surface area contributed by atoms with Gasteiger partial charge in [0.2, 0.25) is 0 Å². The maximum Gasteiger partial charge on any atom is 0.330 e. The van der Waals surface area contributed by atoms with Crippen molar-refractivity contribution in [3.05, 3.63) is 24.3 Å². The number of carboxylic acids is 1. The molecule has 0 aliphatic rings. The maximum atomic E-state index is 11.2. The van der Waals surface area contributed by atoms with Gasteiger partial charge in [0.05, 0.1) is 12.7 Å². The number of hydrogen-bond acceptors (Lipinski definition) is 4. The summed E-state index contributed by atoms with van der Waals surface area (Å²) in [7, 11) is 0. The second-order valence-electron chi connectivity index (χ2n) is 7.41. The summed E-state index contributed by atoms with van der Waals surface area (Å²) in [6, 6.07) is 0. The fraction of sp³-hybridized carbons (Fsp3) is 0.750. The Morgan fingerprint density at radius 3 is 2.14 bits per heavy atom. The average Bonchev–Trinajstić information content (AvgIpc) is 2.67. The number of ether oxygens (including phenoxy) is 1. The van der Waals surface area contributed by atoms with Crippen LogP contribution in [0.2, 0.25) is 0 Å². The van der Waals surface area contributed by atoms with Crippen LogP contribution in [0.5, 0.6) is 0 Å². The molecule has 29 heavy (non-hydrogen) atoms. The summed E-state index contributed by atoms with van der Waals surface area (Å²) in [4.78, 5) is 20.8. The number of allylic oxidation sites excluding steroid dienone is 1. The van der Waals surface area contributed by atoms with Crippen molar-refractivity contribution in [1.82, 2.24) is 0 Å². The molecule has 0 fully saturated rings. The molecule has 0 aliphatic heterocycles. The van der Waals surface area contributed by atoms with Gasteiger partial charge in [0, 0.05) is 12.0 Å². The minimum Gasteiger partial charge on any atom is -0.478 e. The number of esters is 1. The minimum absolute atomic E-state index is 0.0660. The molecule has 5 nitrogen and oxygen atoms in total. The lowest BCUT2D eigenvalue weighted by atomic mass is 10.1. The molecule has 0 amide bonds. The van der Waals surface area contributed by atoms with Crippen molar-refractivity contribution in [2.45, 2.75) is 110 Å². The lowest BCUT2D eigenvalue weighted by Gasteiger charge is -2.07. The summed E-state index contributed by atoms with van der Waals surface area (Å²) in [6.45, 7) is 9.14. The third kappa shape index (κ3) is 26.4. The molecule has 0 aromatic heterocycles. The molecule has 0 radical (unpaired) electrons. The van der Waals surface area contributed by atoms with Gasteiger partial charge >= 0.3 is 11.9 Å². The lowest BCUT2D eigenvalue weighted by Crippen LogP contribution is -2.04. The van der Waals surface area contributed by atoms with Gasteiger partial charge in [-0.3, -0.25) is 4.79 Å². The van der Waals surface area contributed by atoms with E-state index in [2.05, 4.69) is 25.7 Å². The van der Waals surface area contributed by atoms with Crippen molar-refractivity contribution < 1.29 is 24.5 Å². The molecule has 0 spiro atoms. The summed E-state index contributed by atoms with van der Waals surface area (Å²) >= 11 is 0. The van der Waals surface area contributed by atoms with Crippen molar-refractivity contribution in [2.24, 2.45) is 0 Å². The molecule has 5 heteroatoms. The third-order valence-electron chi connectivity index (χ3n) is 4.39. The summed E-state index contributed by atoms with van der Waals surface area (Å²) in [5.74, 6) is -1.00. The van der Waals surface area contributed by atoms with E-state index >= 15 is 0 Å². The number of rotatable bonds is 17. The van der Waals surface area contributed by atoms with Crippen LogP contribution >= 0.6 is 0 Å². The second-order valence-corrected chi connectivity index (χ2v) is 7.41. The first-order valence-electron chi connectivity index (χ1n) is 11.2. The Kier molecular flexibility index (Phi) is 23.1. The highest BCUT2D eigenvalue weighted by molar-refractivity contribution is 5.84. The van der Waals surface area contributed by atoms with E-state index in [4.69, 9.17) is 9.84 Å². The molecular formula is C24H44O5. The predicted molar refractivity (Wildman–Crippen MR) is 120 cm³/mol. The van der Waals surface area contributed by atoms with Crippen LogP contribution in [0.4, 0.5) is 0 Å². The molecule has 0 rings (SSSR count). The highest BCUT2D eigenvalue weighted by Gasteiger charge is 2.01. The Morgan fingerprint density at radius 1 is 0.966 bits per heavy atom. The highest BCUT2D eigenvalue weighted by Crippen LogP contribution is 2.10. The van der Waals surface area contributed by atoms with E-state index in [1.165, 1.54) is 45.4 Å². The number of carbonyl (C=O) groups excluding carboxylic acids is 1. The average molecular weight is 413 g/mol. The van der Waals surface area contributed by atoms with Gasteiger partial charge in [-0.15, -0.1) is 0 Å². The van der Waals surface area contributed by atoms with E-state index in [1.807, 2.05) is 6.92 Å². The molecule has 1 atom stereocenters. The fourth-order valence-electron chi connectivity index (χ4n) is 2.59. The molecule has 170 valence electrons. The monoisotopic (exact) mass is 412 g/mol. The highest BCUT2D eigenvalue weighted by atomic mass is 16.5. The lowest BCUT2D eigenvalue weighted by molar-refractivity contribution is -0.143. The van der Waals surface area contributed by atoms with E-state index in [9.17, 15) is 14.7 Å². The first-order chi connectivity index (χ1) is 13.8. The van der Waals surface area contributed by atoms with Crippen LogP contribution in [0.1, 0.15) is 104 Å². The number of aliphatic carboxylic acids is 1. The van der Waals surface area contributed by atoms with Crippen LogP contribution in [0.25, 0.3) is 0 Å². The van der Waals surface area contributed by atoms with Gasteiger partial charge in [0.1, 0.15) is 0 Å². The van der Waals surface area contributed by atoms with E-state index in [0.717, 1.165) is 38.5 Å². The van der Waals surface area contributed by atoms with Crippen molar-refractivity contribution in [3.63, 3.8) is 0 Å². The van der Waals surface area contributed by atoms with Crippen LogP contribution in [0.15, 0.2) is 24.3 Å². The van der Waals surface area contributed by atoms with Crippen LogP contribution in [-0.2, 0) is 14.3 Å². The Bertz CT molecular complexity index is 431. The number of carboxylic acid groups (broad SMARTS) is 1. The first kappa shape index (κ1) is 29.6. The van der Waals surface area contributed by atoms with E-state index in [-0.39, 0.29) is 17.6 Å². The predicted octanol–water partition coefficient (Wildman–Crippen LogP) is 6.20. The summed E-state index contributed by atoms with van der Waals surface area (Å²) in [6.07, 6.45) is 18.1. The smallest absolute Gasteiger partial charge is 0.330 e. The Labute approximate surface area is 178 Å². The first-order valence-corrected chi connectivity index (χ1v) is 11.2. The largest absolute Gasteiger partial charge is 0.478 e. The zero-order valence-electron chi connectivity index (χ0n) is 19.0. The molecule has 0 aromatic rings. The van der Waals surface area contributed by atoms with Crippen molar-refractivity contribution in [1.29, 1.82) is 0 Å². The molecule has 0 heterocycles. The Balaban J connectivity index is 0. The van der Waals surface area contributed by atoms with Crippen molar-refractivity contribution >= 4 is 11.9 Å². The molecule has 0 saturated heterocycles. The van der Waals surface area contributed by atoms with E-state index in [0.29, 0.717) is 13.0 Å². The van der Waals surface area contributed by atoms with Crippen LogP contribution < -0.4 is 0 Å². The molecular weight excluding hydrogens is 368 g/mol. The zero-order chi connectivity index (χ0) is 22.3. The number of unbranched alkanes of at least 4 members (excludes halogenated alkanes) is 8. The molecule has 0 saturated carbocycles. The molecule has 0 unspecified atom stereocenters. The van der Waals surface area contributed by atoms with E-state index in [1.54, 1.807) is 0 Å². The van der Waals surface area contributed by atoms with Gasteiger partial charge < -0.3 is 14.9 Å². The zero-order valence-corrected chi connectivity index (χ0v) is 19.0. The topological polar surface area (TPSA) is 83.8 Å². The summed E-state index contributed by atoms with van der Waals surface area (Å²) in [5, 5.41) is 17.7. The van der Waals surface area contributed by atoms with Gasteiger partial charge in [-0.05, 0) is 46.0 Å². The van der Waals surface area contributed by atoms with Gasteiger partial charge in [-0.25, -0.2) is 4.79 Å². The number of aliphatic hydroxyl groups excluding tert-OH is 1. The van der Waals surface area contributed by atoms with E-state index < -0.39 is 5.97 Å². The molecule has 0 aliphatic carbocycles. The van der Waals surface area contributed by atoms with Gasteiger partial charge in [-0.1, -0.05) is 70.6 Å². The summed E-state index contributed by atoms with van der Waals surface area (Å²) in [5.41, 5.74) is 0.176. The van der Waals surface area contributed by atoms with Crippen LogP contribution in [0, 0.1) is 0 Å². The molecule has 0 aromatic carbocycles. The van der Waals surface area contributed by atoms with Crippen LogP contribution in [0.3, 0.4) is 0 Å². The third-order valence-corrected chi connectivity index (χ3v) is 4.39. The number of hydrogen-bond donors (Lipinski definition) is 2. The number of carbonyl (C=O) groups is 2. The van der Waals surface area contributed by atoms with Gasteiger partial charge in [0.15, 0.2) is 0 Å².